The summed E-state index contributed by atoms with van der Waals surface area (Å²) in [6, 6.07) is 0. The Morgan fingerprint density at radius 3 is 2.30 bits per heavy atom. The van der Waals surface area contributed by atoms with Gasteiger partial charge in [-0.05, 0) is 11.8 Å². The first-order valence-electron chi connectivity index (χ1n) is 3.83. The van der Waals surface area contributed by atoms with E-state index >= 15 is 0 Å². The molecule has 1 heteroatoms. The van der Waals surface area contributed by atoms with E-state index in [0.717, 1.165) is 6.42 Å². The monoisotopic (exact) mass is 160 g/mol. The van der Waals surface area contributed by atoms with Crippen LogP contribution in [0.15, 0.2) is 12.2 Å². The van der Waals surface area contributed by atoms with E-state index in [0.29, 0.717) is 11.3 Å². The summed E-state index contributed by atoms with van der Waals surface area (Å²) in [6.07, 6.45) is 6.53. The summed E-state index contributed by atoms with van der Waals surface area (Å²) < 4.78 is 0. The second kappa shape index (κ2) is 4.79. The molecule has 0 aliphatic rings. The van der Waals surface area contributed by atoms with E-state index in [1.165, 1.54) is 6.42 Å². The highest BCUT2D eigenvalue weighted by atomic mass is 35.5. The summed E-state index contributed by atoms with van der Waals surface area (Å²) >= 11 is 5.49. The van der Waals surface area contributed by atoms with Gasteiger partial charge in [-0.3, -0.25) is 0 Å². The van der Waals surface area contributed by atoms with Gasteiger partial charge in [-0.15, -0.1) is 11.6 Å². The number of rotatable bonds is 4. The van der Waals surface area contributed by atoms with Gasteiger partial charge in [-0.2, -0.15) is 0 Å². The molecule has 0 N–H and O–H groups in total. The summed E-state index contributed by atoms with van der Waals surface area (Å²) in [7, 11) is 0. The van der Waals surface area contributed by atoms with Crippen LogP contribution in [0.4, 0.5) is 0 Å². The van der Waals surface area contributed by atoms with Gasteiger partial charge in [0.1, 0.15) is 0 Å². The van der Waals surface area contributed by atoms with Crippen molar-refractivity contribution in [3.05, 3.63) is 12.2 Å². The maximum Gasteiger partial charge on any atom is 0.0404 e. The Kier molecular flexibility index (Phi) is 4.80. The average molecular weight is 161 g/mol. The van der Waals surface area contributed by atoms with Gasteiger partial charge in [0.25, 0.3) is 0 Å². The zero-order chi connectivity index (χ0) is 8.04. The Hall–Kier alpha value is 0.0300. The van der Waals surface area contributed by atoms with E-state index in [9.17, 15) is 0 Å². The standard InChI is InChI=1S/C9H17Cl/c1-4-9(2,3)7-5-6-8-10/h5-6H,4,7-8H2,1-3H3/b6-5+. The van der Waals surface area contributed by atoms with Gasteiger partial charge in [0.2, 0.25) is 0 Å². The van der Waals surface area contributed by atoms with Crippen molar-refractivity contribution in [3.8, 4) is 0 Å². The van der Waals surface area contributed by atoms with Gasteiger partial charge in [-0.25, -0.2) is 0 Å². The van der Waals surface area contributed by atoms with Crippen LogP contribution in [0.25, 0.3) is 0 Å². The summed E-state index contributed by atoms with van der Waals surface area (Å²) in [5, 5.41) is 0. The van der Waals surface area contributed by atoms with Crippen molar-refractivity contribution in [2.75, 3.05) is 5.88 Å². The molecule has 0 aliphatic carbocycles. The first kappa shape index (κ1) is 10.0. The van der Waals surface area contributed by atoms with E-state index in [2.05, 4.69) is 26.8 Å². The van der Waals surface area contributed by atoms with Gasteiger partial charge in [0.15, 0.2) is 0 Å². The van der Waals surface area contributed by atoms with Crippen LogP contribution in [-0.4, -0.2) is 5.88 Å². The number of alkyl halides is 1. The normalized spacial score (nSPS) is 12.8. The van der Waals surface area contributed by atoms with Crippen LogP contribution in [-0.2, 0) is 0 Å². The molecule has 0 nitrogen and oxygen atoms in total. The molecule has 10 heavy (non-hydrogen) atoms. The van der Waals surface area contributed by atoms with Crippen LogP contribution in [0, 0.1) is 5.41 Å². The molecule has 0 aliphatic heterocycles. The molecule has 0 spiro atoms. The molecule has 0 aromatic carbocycles. The molecular weight excluding hydrogens is 144 g/mol. The summed E-state index contributed by atoms with van der Waals surface area (Å²) in [4.78, 5) is 0. The Morgan fingerprint density at radius 2 is 1.90 bits per heavy atom. The highest BCUT2D eigenvalue weighted by molar-refractivity contribution is 6.18. The number of hydrogen-bond acceptors (Lipinski definition) is 0. The fourth-order valence-electron chi connectivity index (χ4n) is 0.610. The third-order valence-electron chi connectivity index (χ3n) is 1.88. The molecule has 0 saturated carbocycles. The van der Waals surface area contributed by atoms with Gasteiger partial charge >= 0.3 is 0 Å². The quantitative estimate of drug-likeness (QED) is 0.436. The topological polar surface area (TPSA) is 0 Å². The number of halogens is 1. The lowest BCUT2D eigenvalue weighted by molar-refractivity contribution is 0.357. The Labute approximate surface area is 69.3 Å². The van der Waals surface area contributed by atoms with Crippen molar-refractivity contribution >= 4 is 11.6 Å². The minimum Gasteiger partial charge on any atom is -0.122 e. The van der Waals surface area contributed by atoms with Crippen LogP contribution >= 0.6 is 11.6 Å². The number of allylic oxidation sites excluding steroid dienone is 2. The molecule has 0 fully saturated rings. The lowest BCUT2D eigenvalue weighted by atomic mass is 9.86. The fourth-order valence-corrected chi connectivity index (χ4v) is 0.736. The Morgan fingerprint density at radius 1 is 1.30 bits per heavy atom. The zero-order valence-corrected chi connectivity index (χ0v) is 7.91. The highest BCUT2D eigenvalue weighted by Crippen LogP contribution is 2.24. The maximum absolute atomic E-state index is 5.49. The molecular formula is C9H17Cl. The van der Waals surface area contributed by atoms with Crippen LogP contribution in [0.2, 0.25) is 0 Å². The predicted molar refractivity (Wildman–Crippen MR) is 48.5 cm³/mol. The molecule has 0 radical (unpaired) electrons. The fraction of sp³-hybridized carbons (Fsp3) is 0.778. The van der Waals surface area contributed by atoms with Crippen LogP contribution in [0.1, 0.15) is 33.6 Å². The van der Waals surface area contributed by atoms with Crippen molar-refractivity contribution in [2.45, 2.75) is 33.6 Å². The van der Waals surface area contributed by atoms with Crippen molar-refractivity contribution < 1.29 is 0 Å². The molecule has 0 bridgehead atoms. The molecule has 0 aromatic heterocycles. The first-order valence-corrected chi connectivity index (χ1v) is 4.37. The Bertz CT molecular complexity index is 103. The molecule has 0 heterocycles. The van der Waals surface area contributed by atoms with E-state index in [1.54, 1.807) is 0 Å². The van der Waals surface area contributed by atoms with E-state index in [4.69, 9.17) is 11.6 Å². The predicted octanol–water partition coefficient (Wildman–Crippen LogP) is 3.61. The van der Waals surface area contributed by atoms with E-state index < -0.39 is 0 Å². The minimum atomic E-state index is 0.447. The molecule has 0 unspecified atom stereocenters. The van der Waals surface area contributed by atoms with Crippen molar-refractivity contribution in [3.63, 3.8) is 0 Å². The summed E-state index contributed by atoms with van der Waals surface area (Å²) in [5.41, 5.74) is 0.447. The van der Waals surface area contributed by atoms with Gasteiger partial charge < -0.3 is 0 Å². The SMILES string of the molecule is CCC(C)(C)C/C=C/CCl. The third kappa shape index (κ3) is 4.87. The van der Waals surface area contributed by atoms with Gasteiger partial charge in [0.05, 0.1) is 0 Å². The second-order valence-corrected chi connectivity index (χ2v) is 3.66. The molecule has 0 aromatic rings. The molecule has 0 saturated heterocycles. The largest absolute Gasteiger partial charge is 0.122 e. The van der Waals surface area contributed by atoms with Crippen LogP contribution in [0.3, 0.4) is 0 Å². The molecule has 0 amide bonds. The summed E-state index contributed by atoms with van der Waals surface area (Å²) in [5.74, 6) is 0.639. The van der Waals surface area contributed by atoms with Crippen LogP contribution < -0.4 is 0 Å². The van der Waals surface area contributed by atoms with Crippen molar-refractivity contribution in [2.24, 2.45) is 5.41 Å². The molecule has 60 valence electrons. The summed E-state index contributed by atoms with van der Waals surface area (Å²) in [6.45, 7) is 6.76. The lowest BCUT2D eigenvalue weighted by Gasteiger charge is -2.19. The smallest absolute Gasteiger partial charge is 0.0404 e. The van der Waals surface area contributed by atoms with Crippen molar-refractivity contribution in [1.82, 2.24) is 0 Å². The first-order chi connectivity index (χ1) is 4.62. The number of hydrogen-bond donors (Lipinski definition) is 0. The van der Waals surface area contributed by atoms with E-state index in [-0.39, 0.29) is 0 Å². The van der Waals surface area contributed by atoms with Crippen LogP contribution in [0.5, 0.6) is 0 Å². The van der Waals surface area contributed by atoms with Gasteiger partial charge in [-0.1, -0.05) is 39.3 Å². The zero-order valence-electron chi connectivity index (χ0n) is 7.15. The maximum atomic E-state index is 5.49. The average Bonchev–Trinajstić information content (AvgIpc) is 1.89. The van der Waals surface area contributed by atoms with Crippen molar-refractivity contribution in [1.29, 1.82) is 0 Å². The molecule has 0 atom stereocenters. The lowest BCUT2D eigenvalue weighted by Crippen LogP contribution is -2.07. The highest BCUT2D eigenvalue weighted by Gasteiger charge is 2.11. The van der Waals surface area contributed by atoms with Gasteiger partial charge in [0, 0.05) is 5.88 Å². The minimum absolute atomic E-state index is 0.447. The molecule has 0 rings (SSSR count). The van der Waals surface area contributed by atoms with E-state index in [1.807, 2.05) is 6.08 Å². The third-order valence-corrected chi connectivity index (χ3v) is 2.06. The second-order valence-electron chi connectivity index (χ2n) is 3.35. The Balaban J connectivity index is 3.56.